The first-order valence-electron chi connectivity index (χ1n) is 3.96. The topological polar surface area (TPSA) is 46.6 Å². The fourth-order valence-electron chi connectivity index (χ4n) is 1.37. The van der Waals surface area contributed by atoms with E-state index in [4.69, 9.17) is 4.74 Å². The summed E-state index contributed by atoms with van der Waals surface area (Å²) in [4.78, 5) is 22.8. The molecule has 1 amide bonds. The summed E-state index contributed by atoms with van der Waals surface area (Å²) in [7, 11) is 1.53. The molecule has 0 N–H and O–H groups in total. The van der Waals surface area contributed by atoms with Gasteiger partial charge in [-0.3, -0.25) is 0 Å². The van der Waals surface area contributed by atoms with Crippen molar-refractivity contribution in [1.29, 1.82) is 0 Å². The van der Waals surface area contributed by atoms with Crippen LogP contribution in [0.3, 0.4) is 0 Å². The summed E-state index contributed by atoms with van der Waals surface area (Å²) in [5, 5.41) is 0. The molecule has 14 heavy (non-hydrogen) atoms. The van der Waals surface area contributed by atoms with Crippen LogP contribution < -0.4 is 7.45 Å². The van der Waals surface area contributed by atoms with E-state index in [1.54, 1.807) is 18.2 Å². The number of anilines is 1. The van der Waals surface area contributed by atoms with E-state index >= 15 is 0 Å². The molecule has 0 spiro atoms. The van der Waals surface area contributed by atoms with Crippen LogP contribution >= 0.6 is 0 Å². The molecule has 0 saturated carbocycles. The quantitative estimate of drug-likeness (QED) is 0.520. The molecule has 0 bridgehead atoms. The molecule has 0 atom stereocenters. The number of amides is 1. The molecule has 4 nitrogen and oxygen atoms in total. The van der Waals surface area contributed by atoms with Crippen molar-refractivity contribution >= 4 is 43.4 Å². The molecule has 0 aliphatic carbocycles. The van der Waals surface area contributed by atoms with Crippen molar-refractivity contribution in [2.75, 3.05) is 9.82 Å². The number of hydrogen-bond donors (Lipinski definition) is 0. The van der Waals surface area contributed by atoms with Crippen LogP contribution in [-0.2, 0) is 4.79 Å². The van der Waals surface area contributed by atoms with Crippen LogP contribution in [0.1, 0.15) is 10.4 Å². The molecule has 0 radical (unpaired) electrons. The number of ether oxygens (including phenoxy) is 1. The average Bonchev–Trinajstić information content (AvgIpc) is 2.44. The minimum atomic E-state index is -0.429. The number of ketones is 1. The first-order valence-corrected chi connectivity index (χ1v) is 5.97. The maximum absolute atomic E-state index is 11.5. The maximum atomic E-state index is 11.5. The van der Waals surface area contributed by atoms with Gasteiger partial charge in [0, 0.05) is 0 Å². The van der Waals surface area contributed by atoms with Gasteiger partial charge in [-0.2, -0.15) is 0 Å². The number of Topliss-reactive ketones (excluding diaryl/α,β-unsaturated/α-hetero) is 1. The first-order chi connectivity index (χ1) is 6.65. The van der Waals surface area contributed by atoms with Crippen molar-refractivity contribution < 1.29 is 14.3 Å². The fourth-order valence-corrected chi connectivity index (χ4v) is 2.70. The molecule has 1 aliphatic rings. The van der Waals surface area contributed by atoms with Gasteiger partial charge in [0.05, 0.1) is 0 Å². The predicted molar refractivity (Wildman–Crippen MR) is 50.6 cm³/mol. The summed E-state index contributed by atoms with van der Waals surface area (Å²) in [6, 6.07) is 5.11. The zero-order valence-electron chi connectivity index (χ0n) is 7.48. The van der Waals surface area contributed by atoms with Gasteiger partial charge in [-0.1, -0.05) is 0 Å². The second-order valence-electron chi connectivity index (χ2n) is 2.89. The van der Waals surface area contributed by atoms with Gasteiger partial charge in [0.1, 0.15) is 0 Å². The number of rotatable bonds is 1. The summed E-state index contributed by atoms with van der Waals surface area (Å²) in [5.41, 5.74) is 1.17. The van der Waals surface area contributed by atoms with Crippen molar-refractivity contribution in [3.05, 3.63) is 23.8 Å². The monoisotopic (exact) mass is 381 g/mol. The van der Waals surface area contributed by atoms with Crippen molar-refractivity contribution in [2.24, 2.45) is 0 Å². The van der Waals surface area contributed by atoms with E-state index in [0.29, 0.717) is 43.1 Å². The van der Waals surface area contributed by atoms with Gasteiger partial charge in [0.25, 0.3) is 0 Å². The number of carbonyl (C=O) groups is 2. The zero-order chi connectivity index (χ0) is 10.3. The summed E-state index contributed by atoms with van der Waals surface area (Å²) >= 11 is 0.311. The Balaban J connectivity index is 2.59. The average molecular weight is 381 g/mol. The normalized spacial score (nSPS) is 14.4. The van der Waals surface area contributed by atoms with Gasteiger partial charge in [-0.05, 0) is 0 Å². The summed E-state index contributed by atoms with van der Waals surface area (Å²) in [6.07, 6.45) is 0. The number of fused-ring (bicyclic) bond motifs is 1. The third kappa shape index (κ3) is 1.24. The summed E-state index contributed by atoms with van der Waals surface area (Å²) in [5.74, 6) is -0.246. The Morgan fingerprint density at radius 1 is 1.36 bits per heavy atom. The first kappa shape index (κ1) is 9.63. The number of hydrogen-bond acceptors (Lipinski definition) is 3. The summed E-state index contributed by atoms with van der Waals surface area (Å²) < 4.78 is 6.50. The summed E-state index contributed by atoms with van der Waals surface area (Å²) in [6.45, 7) is 0. The number of methoxy groups -OCH3 is 1. The Morgan fingerprint density at radius 2 is 2.07 bits per heavy atom. The van der Waals surface area contributed by atoms with Crippen LogP contribution in [0.15, 0.2) is 18.2 Å². The van der Waals surface area contributed by atoms with E-state index in [1.807, 2.05) is 0 Å². The fraction of sp³-hybridized carbons (Fsp3) is 0.111. The standard InChI is InChI=1S/C9H7NO3.Tl/c1-13-5-2-3-7-6(4-5)8(11)9(12)10-7;/h2-4H,1H3,(H,10,11,12);/q;+1/p-1. The van der Waals surface area contributed by atoms with Crippen molar-refractivity contribution in [2.45, 2.75) is 0 Å². The molecule has 2 rings (SSSR count). The Kier molecular flexibility index (Phi) is 2.30. The van der Waals surface area contributed by atoms with Crippen LogP contribution in [0.25, 0.3) is 0 Å². The van der Waals surface area contributed by atoms with Crippen molar-refractivity contribution in [1.82, 2.24) is 0 Å². The molecule has 1 aromatic carbocycles. The van der Waals surface area contributed by atoms with Gasteiger partial charge in [0.15, 0.2) is 0 Å². The molecule has 1 aromatic rings. The van der Waals surface area contributed by atoms with Crippen LogP contribution in [0.5, 0.6) is 5.75 Å². The second-order valence-corrected chi connectivity index (χ2v) is 4.89. The third-order valence-corrected chi connectivity index (χ3v) is 4.11. The molecular formula is C9H6NO3Tl. The molecule has 0 fully saturated rings. The van der Waals surface area contributed by atoms with E-state index in [9.17, 15) is 9.59 Å². The molecule has 0 aromatic heterocycles. The van der Waals surface area contributed by atoms with Crippen molar-refractivity contribution in [3.8, 4) is 5.75 Å². The number of benzene rings is 1. The SMILES string of the molecule is COc1ccc2c(c1)C(=O)C(=O)[N]2[Tl]. The van der Waals surface area contributed by atoms with Crippen LogP contribution in [0.2, 0.25) is 0 Å². The Bertz CT molecular complexity index is 430. The van der Waals surface area contributed by atoms with E-state index in [1.165, 1.54) is 9.82 Å². The van der Waals surface area contributed by atoms with Gasteiger partial charge in [0.2, 0.25) is 0 Å². The molecule has 0 unspecified atom stereocenters. The molecule has 1 heterocycles. The van der Waals surface area contributed by atoms with E-state index < -0.39 is 11.7 Å². The zero-order valence-corrected chi connectivity index (χ0v) is 12.0. The van der Waals surface area contributed by atoms with Gasteiger partial charge >= 0.3 is 97.1 Å². The molecule has 5 heteroatoms. The van der Waals surface area contributed by atoms with Gasteiger partial charge in [-0.15, -0.1) is 0 Å². The van der Waals surface area contributed by atoms with Gasteiger partial charge in [-0.25, -0.2) is 0 Å². The molecule has 0 saturated heterocycles. The van der Waals surface area contributed by atoms with Crippen molar-refractivity contribution in [3.63, 3.8) is 0 Å². The van der Waals surface area contributed by atoms with E-state index in [-0.39, 0.29) is 0 Å². The van der Waals surface area contributed by atoms with Crippen LogP contribution in [0, 0.1) is 0 Å². The third-order valence-electron chi connectivity index (χ3n) is 2.12. The number of nitrogens with zero attached hydrogens (tertiary/aromatic N) is 1. The molecular weight excluding hydrogens is 374 g/mol. The van der Waals surface area contributed by atoms with Crippen LogP contribution in [0.4, 0.5) is 5.69 Å². The Labute approximate surface area is 96.9 Å². The predicted octanol–water partition coefficient (Wildman–Crippen LogP) is 0.308. The molecule has 68 valence electrons. The van der Waals surface area contributed by atoms with Gasteiger partial charge < -0.3 is 0 Å². The second kappa shape index (κ2) is 3.34. The Hall–Kier alpha value is -0.918. The van der Waals surface area contributed by atoms with E-state index in [0.717, 1.165) is 0 Å². The van der Waals surface area contributed by atoms with Crippen LogP contribution in [-0.4, -0.2) is 44.9 Å². The number of carbonyl (C=O) groups excluding carboxylic acids is 2. The Morgan fingerprint density at radius 3 is 2.71 bits per heavy atom. The minimum absolute atomic E-state index is 0.311. The van der Waals surface area contributed by atoms with E-state index in [2.05, 4.69) is 0 Å². The molecule has 1 aliphatic heterocycles.